The molecule has 7 nitrogen and oxygen atoms in total. The zero-order valence-electron chi connectivity index (χ0n) is 15.2. The Kier molecular flexibility index (Phi) is 7.88. The zero-order valence-corrected chi connectivity index (χ0v) is 15.9. The summed E-state index contributed by atoms with van der Waals surface area (Å²) in [5, 5.41) is 19.5. The number of hydrogen-bond acceptors (Lipinski definition) is 5. The molecule has 1 atom stereocenters. The molecule has 0 saturated heterocycles. The number of carboxylic acid groups (broad SMARTS) is 2. The Bertz CT molecular complexity index is 946. The van der Waals surface area contributed by atoms with Crippen molar-refractivity contribution in [3.8, 4) is 0 Å². The number of nitrogens with zero attached hydrogens (tertiary/aromatic N) is 1. The maximum absolute atomic E-state index is 14.1. The summed E-state index contributed by atoms with van der Waals surface area (Å²) in [6.45, 7) is 0.947. The summed E-state index contributed by atoms with van der Waals surface area (Å²) in [4.78, 5) is 23.7. The summed E-state index contributed by atoms with van der Waals surface area (Å²) in [5.41, 5.74) is 8.48. The lowest BCUT2D eigenvalue weighted by molar-refractivity contribution is -0.134. The number of benzodiazepines with no additional fused rings is 1. The smallest absolute Gasteiger partial charge is 0.328 e. The van der Waals surface area contributed by atoms with E-state index in [1.165, 1.54) is 6.07 Å². The predicted molar refractivity (Wildman–Crippen MR) is 109 cm³/mol. The van der Waals surface area contributed by atoms with Gasteiger partial charge in [-0.05, 0) is 30.3 Å². The van der Waals surface area contributed by atoms with Gasteiger partial charge in [-0.3, -0.25) is 4.99 Å². The second-order valence-electron chi connectivity index (χ2n) is 5.95. The molecule has 3 rings (SSSR count). The molecule has 1 heterocycles. The van der Waals surface area contributed by atoms with Crippen molar-refractivity contribution < 1.29 is 24.2 Å². The molecule has 0 fully saturated rings. The van der Waals surface area contributed by atoms with Crippen LogP contribution in [-0.4, -0.2) is 47.0 Å². The highest BCUT2D eigenvalue weighted by Crippen LogP contribution is 2.27. The molecule has 9 heteroatoms. The number of rotatable bonds is 4. The van der Waals surface area contributed by atoms with Crippen molar-refractivity contribution in [1.29, 1.82) is 0 Å². The van der Waals surface area contributed by atoms with Crippen molar-refractivity contribution in [2.24, 2.45) is 10.7 Å². The minimum atomic E-state index is -1.26. The fraction of sp³-hybridized carbons (Fsp3) is 0.150. The van der Waals surface area contributed by atoms with Gasteiger partial charge in [0.25, 0.3) is 0 Å². The summed E-state index contributed by atoms with van der Waals surface area (Å²) in [5.74, 6) is -2.81. The largest absolute Gasteiger partial charge is 0.478 e. The first-order valence-corrected chi connectivity index (χ1v) is 8.89. The molecular formula is C20H19ClFN3O4. The van der Waals surface area contributed by atoms with Gasteiger partial charge in [-0.15, -0.1) is 0 Å². The van der Waals surface area contributed by atoms with Crippen molar-refractivity contribution in [3.05, 3.63) is 76.6 Å². The van der Waals surface area contributed by atoms with E-state index in [0.29, 0.717) is 41.5 Å². The fourth-order valence-electron chi connectivity index (χ4n) is 2.55. The Morgan fingerprint density at radius 3 is 2.41 bits per heavy atom. The first-order valence-electron chi connectivity index (χ1n) is 8.51. The number of hydrogen-bond donors (Lipinski definition) is 4. The molecule has 2 aromatic rings. The Labute approximate surface area is 171 Å². The molecule has 0 aromatic heterocycles. The summed E-state index contributed by atoms with van der Waals surface area (Å²) < 4.78 is 14.1. The molecule has 0 radical (unpaired) electrons. The molecule has 2 aromatic carbocycles. The van der Waals surface area contributed by atoms with Crippen LogP contribution in [0.15, 0.2) is 59.6 Å². The fourth-order valence-corrected chi connectivity index (χ4v) is 2.72. The van der Waals surface area contributed by atoms with Crippen molar-refractivity contribution in [1.82, 2.24) is 0 Å². The Balaban J connectivity index is 0.000000321. The Hall–Kier alpha value is -3.23. The van der Waals surface area contributed by atoms with E-state index in [1.54, 1.807) is 30.3 Å². The Morgan fingerprint density at radius 2 is 1.83 bits per heavy atom. The second kappa shape index (κ2) is 10.4. The van der Waals surface area contributed by atoms with Crippen molar-refractivity contribution in [2.45, 2.75) is 6.04 Å². The summed E-state index contributed by atoms with van der Waals surface area (Å²) >= 11 is 6.09. The number of nitrogens with one attached hydrogen (secondary N) is 1. The molecule has 29 heavy (non-hydrogen) atoms. The van der Waals surface area contributed by atoms with Crippen molar-refractivity contribution in [2.75, 3.05) is 18.4 Å². The monoisotopic (exact) mass is 419 g/mol. The van der Waals surface area contributed by atoms with Crippen LogP contribution in [0.4, 0.5) is 10.1 Å². The highest BCUT2D eigenvalue weighted by molar-refractivity contribution is 6.31. The minimum absolute atomic E-state index is 0.0224. The number of carboxylic acids is 2. The van der Waals surface area contributed by atoms with E-state index in [1.807, 2.05) is 6.07 Å². The summed E-state index contributed by atoms with van der Waals surface area (Å²) in [6.07, 6.45) is 1.12. The first-order chi connectivity index (χ1) is 13.8. The molecule has 5 N–H and O–H groups in total. The second-order valence-corrected chi connectivity index (χ2v) is 6.38. The van der Waals surface area contributed by atoms with Crippen LogP contribution in [0, 0.1) is 5.82 Å². The third kappa shape index (κ3) is 6.41. The SMILES string of the molecule is NCC1CN=C(c2ccccc2F)c2cc(Cl)ccc2N1.O=C(O)/C=C\C(=O)O. The minimum Gasteiger partial charge on any atom is -0.478 e. The number of carbonyl (C=O) groups is 2. The molecule has 0 saturated carbocycles. The lowest BCUT2D eigenvalue weighted by Gasteiger charge is -2.15. The average molecular weight is 420 g/mol. The van der Waals surface area contributed by atoms with E-state index in [0.717, 1.165) is 11.3 Å². The van der Waals surface area contributed by atoms with E-state index in [4.69, 9.17) is 27.5 Å². The van der Waals surface area contributed by atoms with Crippen molar-refractivity contribution in [3.63, 3.8) is 0 Å². The van der Waals surface area contributed by atoms with E-state index in [2.05, 4.69) is 10.3 Å². The molecule has 1 aliphatic heterocycles. The van der Waals surface area contributed by atoms with E-state index < -0.39 is 11.9 Å². The molecule has 152 valence electrons. The normalized spacial score (nSPS) is 15.3. The number of fused-ring (bicyclic) bond motifs is 1. The van der Waals surface area contributed by atoms with Gasteiger partial charge in [-0.2, -0.15) is 0 Å². The highest BCUT2D eigenvalue weighted by atomic mass is 35.5. The number of halogens is 2. The number of nitrogens with two attached hydrogens (primary N) is 1. The number of aliphatic imine (C=N–C) groups is 1. The Morgan fingerprint density at radius 1 is 1.17 bits per heavy atom. The van der Waals surface area contributed by atoms with Crippen molar-refractivity contribution >= 4 is 34.9 Å². The lowest BCUT2D eigenvalue weighted by atomic mass is 10.00. The number of aliphatic carboxylic acids is 2. The van der Waals surface area contributed by atoms with Gasteiger partial charge in [-0.25, -0.2) is 14.0 Å². The van der Waals surface area contributed by atoms with Crippen LogP contribution in [0.3, 0.4) is 0 Å². The zero-order chi connectivity index (χ0) is 21.4. The molecule has 1 unspecified atom stereocenters. The first kappa shape index (κ1) is 22.1. The van der Waals surface area contributed by atoms with Crippen LogP contribution in [0.1, 0.15) is 11.1 Å². The van der Waals surface area contributed by atoms with Crippen LogP contribution in [-0.2, 0) is 9.59 Å². The lowest BCUT2D eigenvalue weighted by Crippen LogP contribution is -2.31. The van der Waals surface area contributed by atoms with Gasteiger partial charge in [0.15, 0.2) is 0 Å². The van der Waals surface area contributed by atoms with Gasteiger partial charge in [-0.1, -0.05) is 23.7 Å². The summed E-state index contributed by atoms with van der Waals surface area (Å²) in [7, 11) is 0. The molecule has 0 amide bonds. The highest BCUT2D eigenvalue weighted by Gasteiger charge is 2.20. The number of benzene rings is 2. The average Bonchev–Trinajstić information content (AvgIpc) is 2.86. The van der Waals surface area contributed by atoms with E-state index in [9.17, 15) is 14.0 Å². The van der Waals surface area contributed by atoms with Gasteiger partial charge in [0.2, 0.25) is 0 Å². The van der Waals surface area contributed by atoms with Crippen LogP contribution in [0.25, 0.3) is 0 Å². The van der Waals surface area contributed by atoms with Crippen LogP contribution in [0.5, 0.6) is 0 Å². The number of anilines is 1. The molecule has 1 aliphatic rings. The van der Waals surface area contributed by atoms with Gasteiger partial charge in [0.05, 0.1) is 18.3 Å². The van der Waals surface area contributed by atoms with E-state index in [-0.39, 0.29) is 11.9 Å². The van der Waals surface area contributed by atoms with Crippen LogP contribution in [0.2, 0.25) is 5.02 Å². The molecule has 0 bridgehead atoms. The van der Waals surface area contributed by atoms with Gasteiger partial charge >= 0.3 is 11.9 Å². The van der Waals surface area contributed by atoms with Gasteiger partial charge in [0.1, 0.15) is 5.82 Å². The maximum Gasteiger partial charge on any atom is 0.328 e. The maximum atomic E-state index is 14.1. The topological polar surface area (TPSA) is 125 Å². The molecular weight excluding hydrogens is 401 g/mol. The van der Waals surface area contributed by atoms with Crippen LogP contribution >= 0.6 is 11.6 Å². The van der Waals surface area contributed by atoms with Gasteiger partial charge in [0, 0.05) is 40.5 Å². The quantitative estimate of drug-likeness (QED) is 0.565. The predicted octanol–water partition coefficient (Wildman–Crippen LogP) is 2.78. The molecule has 0 spiro atoms. The third-order valence-electron chi connectivity index (χ3n) is 3.85. The van der Waals surface area contributed by atoms with Gasteiger partial charge < -0.3 is 21.3 Å². The standard InChI is InChI=1S/C16H15ClFN3.C4H4O4/c17-10-5-6-15-13(7-10)16(20-9-11(8-19)21-15)12-3-1-2-4-14(12)18;5-3(6)1-2-4(7)8/h1-7,11,21H,8-9,19H2;1-2H,(H,5,6)(H,7,8)/b;2-1-. The van der Waals surface area contributed by atoms with E-state index >= 15 is 0 Å². The molecule has 0 aliphatic carbocycles. The summed E-state index contributed by atoms with van der Waals surface area (Å²) in [6, 6.07) is 12.1. The van der Waals surface area contributed by atoms with Crippen LogP contribution < -0.4 is 11.1 Å². The third-order valence-corrected chi connectivity index (χ3v) is 4.08.